The van der Waals surface area contributed by atoms with Crippen LogP contribution < -0.4 is 11.1 Å². The summed E-state index contributed by atoms with van der Waals surface area (Å²) in [4.78, 5) is 26.1. The molecule has 0 atom stereocenters. The Labute approximate surface area is 202 Å². The van der Waals surface area contributed by atoms with E-state index in [0.717, 1.165) is 23.3 Å². The number of anilines is 1. The van der Waals surface area contributed by atoms with Gasteiger partial charge in [-0.2, -0.15) is 0 Å². The summed E-state index contributed by atoms with van der Waals surface area (Å²) in [7, 11) is 0. The zero-order valence-electron chi connectivity index (χ0n) is 19.6. The molecule has 3 N–H and O–H groups in total. The summed E-state index contributed by atoms with van der Waals surface area (Å²) in [6.07, 6.45) is 6.22. The number of benzene rings is 1. The van der Waals surface area contributed by atoms with Crippen LogP contribution in [0.5, 0.6) is 0 Å². The Morgan fingerprint density at radius 3 is 2.49 bits per heavy atom. The van der Waals surface area contributed by atoms with Gasteiger partial charge in [-0.25, -0.2) is 19.3 Å². The Morgan fingerprint density at radius 1 is 1.06 bits per heavy atom. The highest BCUT2D eigenvalue weighted by Gasteiger charge is 2.21. The van der Waals surface area contributed by atoms with E-state index in [0.29, 0.717) is 29.1 Å². The summed E-state index contributed by atoms with van der Waals surface area (Å²) in [5.74, 6) is -0.454. The lowest BCUT2D eigenvalue weighted by atomic mass is 10.0. The van der Waals surface area contributed by atoms with E-state index < -0.39 is 0 Å². The molecule has 4 heterocycles. The highest BCUT2D eigenvalue weighted by atomic mass is 19.1. The predicted octanol–water partition coefficient (Wildman–Crippen LogP) is 4.68. The second-order valence-electron chi connectivity index (χ2n) is 7.82. The number of nitrogen functional groups attached to an aromatic ring is 1. The molecule has 0 fully saturated rings. The number of imidazole rings is 2. The van der Waals surface area contributed by atoms with Crippen molar-refractivity contribution in [1.82, 2.24) is 29.1 Å². The second-order valence-corrected chi connectivity index (χ2v) is 7.82. The fourth-order valence-electron chi connectivity index (χ4n) is 3.83. The highest BCUT2D eigenvalue weighted by Crippen LogP contribution is 2.34. The number of hydrogen-bond donors (Lipinski definition) is 2. The standard InChI is InChI=1S/C24H22FN7O.C2H4/c1-3-10-27-24(33)18-13-32-21(16-6-9-19-28-11-14(2)31(19)12-16)20(30-22(26)23(32)29-18)15-4-7-17(25)8-5-15;1-2/h4-9,11-13H,3,10H2,1-2H3,(H2,26,30)(H,27,33);1-2H2. The van der Waals surface area contributed by atoms with Crippen molar-refractivity contribution in [2.45, 2.75) is 20.3 Å². The molecule has 0 unspecified atom stereocenters. The Morgan fingerprint density at radius 2 is 1.77 bits per heavy atom. The minimum atomic E-state index is -0.345. The van der Waals surface area contributed by atoms with Crippen LogP contribution in [0.1, 0.15) is 29.5 Å². The molecule has 0 saturated heterocycles. The van der Waals surface area contributed by atoms with Crippen LogP contribution in [0.15, 0.2) is 68.1 Å². The van der Waals surface area contributed by atoms with Crippen LogP contribution in [0.2, 0.25) is 0 Å². The van der Waals surface area contributed by atoms with Crippen molar-refractivity contribution in [3.8, 4) is 22.5 Å². The smallest absolute Gasteiger partial charge is 0.271 e. The third-order valence-electron chi connectivity index (χ3n) is 5.48. The number of rotatable bonds is 5. The first-order valence-corrected chi connectivity index (χ1v) is 11.1. The monoisotopic (exact) mass is 471 g/mol. The first-order chi connectivity index (χ1) is 17.0. The molecule has 9 heteroatoms. The molecule has 8 nitrogen and oxygen atoms in total. The van der Waals surface area contributed by atoms with Crippen LogP contribution in [0.3, 0.4) is 0 Å². The molecule has 35 heavy (non-hydrogen) atoms. The number of hydrogen-bond acceptors (Lipinski definition) is 5. The molecule has 0 radical (unpaired) electrons. The number of nitrogens with two attached hydrogens (primary N) is 1. The molecular formula is C26H26FN7O. The van der Waals surface area contributed by atoms with E-state index in [1.807, 2.05) is 36.6 Å². The third kappa shape index (κ3) is 4.35. The van der Waals surface area contributed by atoms with Crippen molar-refractivity contribution >= 4 is 23.0 Å². The van der Waals surface area contributed by atoms with Crippen LogP contribution in [0.4, 0.5) is 10.2 Å². The average Bonchev–Trinajstić information content (AvgIpc) is 3.49. The number of carbonyl (C=O) groups is 1. The van der Waals surface area contributed by atoms with Gasteiger partial charge in [0.2, 0.25) is 0 Å². The van der Waals surface area contributed by atoms with Gasteiger partial charge in [-0.3, -0.25) is 9.20 Å². The molecule has 0 saturated carbocycles. The highest BCUT2D eigenvalue weighted by molar-refractivity contribution is 5.94. The van der Waals surface area contributed by atoms with Gasteiger partial charge in [0.05, 0.1) is 11.4 Å². The lowest BCUT2D eigenvalue weighted by Gasteiger charge is -2.14. The molecule has 0 aliphatic heterocycles. The van der Waals surface area contributed by atoms with E-state index in [4.69, 9.17) is 5.73 Å². The first kappa shape index (κ1) is 23.6. The van der Waals surface area contributed by atoms with Crippen molar-refractivity contribution in [3.05, 3.63) is 85.4 Å². The SMILES string of the molecule is C=C.CCCNC(=O)c1cn2c(-c3ccc4ncc(C)n4c3)c(-c3ccc(F)cc3)nc(N)c2n1. The zero-order chi connectivity index (χ0) is 25.1. The number of aromatic nitrogens is 5. The number of halogens is 1. The second kappa shape index (κ2) is 9.76. The van der Waals surface area contributed by atoms with E-state index in [1.165, 1.54) is 12.1 Å². The van der Waals surface area contributed by atoms with E-state index in [-0.39, 0.29) is 23.2 Å². The molecule has 1 amide bonds. The van der Waals surface area contributed by atoms with Crippen molar-refractivity contribution in [2.24, 2.45) is 0 Å². The van der Waals surface area contributed by atoms with Gasteiger partial charge in [-0.1, -0.05) is 6.92 Å². The van der Waals surface area contributed by atoms with Gasteiger partial charge in [-0.15, -0.1) is 13.2 Å². The van der Waals surface area contributed by atoms with Crippen LogP contribution in [-0.2, 0) is 0 Å². The number of nitrogens with zero attached hydrogens (tertiary/aromatic N) is 5. The first-order valence-electron chi connectivity index (χ1n) is 11.1. The summed E-state index contributed by atoms with van der Waals surface area (Å²) in [5, 5.41) is 2.84. The Balaban J connectivity index is 0.00000141. The van der Waals surface area contributed by atoms with Gasteiger partial charge in [0.25, 0.3) is 5.91 Å². The Kier molecular flexibility index (Phi) is 6.59. The van der Waals surface area contributed by atoms with Gasteiger partial charge in [0, 0.05) is 42.0 Å². The molecule has 0 aliphatic carbocycles. The van der Waals surface area contributed by atoms with Crippen molar-refractivity contribution < 1.29 is 9.18 Å². The van der Waals surface area contributed by atoms with Gasteiger partial charge < -0.3 is 15.5 Å². The topological polar surface area (TPSA) is 103 Å². The van der Waals surface area contributed by atoms with Gasteiger partial charge in [0.15, 0.2) is 11.5 Å². The number of amides is 1. The maximum Gasteiger partial charge on any atom is 0.271 e. The number of aryl methyl sites for hydroxylation is 1. The van der Waals surface area contributed by atoms with Gasteiger partial charge in [0.1, 0.15) is 17.2 Å². The molecule has 5 rings (SSSR count). The summed E-state index contributed by atoms with van der Waals surface area (Å²) in [6.45, 7) is 10.5. The number of pyridine rings is 1. The van der Waals surface area contributed by atoms with Crippen LogP contribution in [0.25, 0.3) is 33.8 Å². The summed E-state index contributed by atoms with van der Waals surface area (Å²) < 4.78 is 17.4. The fraction of sp³-hybridized carbons (Fsp3) is 0.154. The molecule has 4 aromatic heterocycles. The molecule has 0 aliphatic rings. The zero-order valence-corrected chi connectivity index (χ0v) is 19.6. The molecular weight excluding hydrogens is 445 g/mol. The van der Waals surface area contributed by atoms with Crippen LogP contribution in [-0.4, -0.2) is 36.2 Å². The summed E-state index contributed by atoms with van der Waals surface area (Å²) in [6, 6.07) is 9.89. The average molecular weight is 472 g/mol. The maximum atomic E-state index is 13.6. The Hall–Kier alpha value is -4.53. The molecule has 5 aromatic rings. The van der Waals surface area contributed by atoms with Gasteiger partial charge in [-0.05, 0) is 49.7 Å². The summed E-state index contributed by atoms with van der Waals surface area (Å²) >= 11 is 0. The third-order valence-corrected chi connectivity index (χ3v) is 5.48. The van der Waals surface area contributed by atoms with E-state index in [9.17, 15) is 9.18 Å². The fourth-order valence-corrected chi connectivity index (χ4v) is 3.83. The Bertz CT molecular complexity index is 1520. The molecule has 0 spiro atoms. The lowest BCUT2D eigenvalue weighted by molar-refractivity contribution is 0.0949. The van der Waals surface area contributed by atoms with Crippen molar-refractivity contribution in [2.75, 3.05) is 12.3 Å². The van der Waals surface area contributed by atoms with Crippen LogP contribution >= 0.6 is 0 Å². The molecule has 1 aromatic carbocycles. The predicted molar refractivity (Wildman–Crippen MR) is 136 cm³/mol. The molecule has 178 valence electrons. The summed E-state index contributed by atoms with van der Waals surface area (Å²) in [5.41, 5.74) is 11.4. The lowest BCUT2D eigenvalue weighted by Crippen LogP contribution is -2.24. The van der Waals surface area contributed by atoms with Gasteiger partial charge >= 0.3 is 0 Å². The number of fused-ring (bicyclic) bond motifs is 2. The molecule has 0 bridgehead atoms. The minimum Gasteiger partial charge on any atom is -0.381 e. The normalized spacial score (nSPS) is 10.8. The van der Waals surface area contributed by atoms with Crippen molar-refractivity contribution in [3.63, 3.8) is 0 Å². The largest absolute Gasteiger partial charge is 0.381 e. The maximum absolute atomic E-state index is 13.6. The quantitative estimate of drug-likeness (QED) is 0.362. The van der Waals surface area contributed by atoms with Crippen LogP contribution in [0, 0.1) is 12.7 Å². The number of carbonyl (C=O) groups excluding carboxylic acids is 1. The van der Waals surface area contributed by atoms with E-state index >= 15 is 0 Å². The number of nitrogens with one attached hydrogen (secondary N) is 1. The van der Waals surface area contributed by atoms with E-state index in [2.05, 4.69) is 33.4 Å². The van der Waals surface area contributed by atoms with Crippen molar-refractivity contribution in [1.29, 1.82) is 0 Å². The van der Waals surface area contributed by atoms with E-state index in [1.54, 1.807) is 28.9 Å². The minimum absolute atomic E-state index is 0.174.